The lowest BCUT2D eigenvalue weighted by Crippen LogP contribution is -2.40. The molecule has 9 heteroatoms. The van der Waals surface area contributed by atoms with E-state index in [1.807, 2.05) is 0 Å². The Balaban J connectivity index is 2.20. The van der Waals surface area contributed by atoms with E-state index >= 15 is 0 Å². The average Bonchev–Trinajstić information content (AvgIpc) is 2.98. The van der Waals surface area contributed by atoms with Crippen LogP contribution < -0.4 is 9.62 Å². The van der Waals surface area contributed by atoms with Crippen molar-refractivity contribution >= 4 is 27.7 Å². The molecule has 1 aliphatic rings. The number of hydrogen-bond donors (Lipinski definition) is 1. The van der Waals surface area contributed by atoms with Crippen LogP contribution >= 0.6 is 0 Å². The van der Waals surface area contributed by atoms with Crippen molar-refractivity contribution in [1.29, 1.82) is 0 Å². The monoisotopic (exact) mass is 369 g/mol. The summed E-state index contributed by atoms with van der Waals surface area (Å²) in [7, 11) is -2.11. The number of anilines is 1. The third kappa shape index (κ3) is 4.29. The molecule has 1 heterocycles. The molecule has 1 N–H and O–H groups in total. The lowest BCUT2D eigenvalue weighted by molar-refractivity contribution is -0.119. The maximum atomic E-state index is 12.5. The summed E-state index contributed by atoms with van der Waals surface area (Å²) in [6, 6.07) is 4.76. The van der Waals surface area contributed by atoms with Gasteiger partial charge >= 0.3 is 6.09 Å². The Morgan fingerprint density at radius 1 is 1.32 bits per heavy atom. The van der Waals surface area contributed by atoms with Crippen molar-refractivity contribution < 1.29 is 22.7 Å². The minimum absolute atomic E-state index is 0.117. The Morgan fingerprint density at radius 3 is 2.68 bits per heavy atom. The van der Waals surface area contributed by atoms with Crippen LogP contribution in [0.1, 0.15) is 19.4 Å². The number of rotatable bonds is 6. The van der Waals surface area contributed by atoms with Gasteiger partial charge in [-0.1, -0.05) is 13.0 Å². The van der Waals surface area contributed by atoms with E-state index in [1.54, 1.807) is 19.9 Å². The standard InChI is InChI=1S/C16H23N3O5S/c1-4-17-25(22,23)13-7-6-12-8-9-19(14(12)10-13)15(20)11-18(3)16(21)24-5-2/h6-7,10,17H,4-5,8-9,11H2,1-3H3. The number of benzene rings is 1. The maximum absolute atomic E-state index is 12.5. The maximum Gasteiger partial charge on any atom is 0.409 e. The van der Waals surface area contributed by atoms with E-state index in [0.717, 1.165) is 5.56 Å². The second-order valence-corrected chi connectivity index (χ2v) is 7.41. The summed E-state index contributed by atoms with van der Waals surface area (Å²) in [5, 5.41) is 0. The molecule has 0 radical (unpaired) electrons. The highest BCUT2D eigenvalue weighted by Gasteiger charge is 2.28. The molecule has 0 fully saturated rings. The molecule has 2 amide bonds. The van der Waals surface area contributed by atoms with Gasteiger partial charge in [0.25, 0.3) is 0 Å². The zero-order valence-corrected chi connectivity index (χ0v) is 15.4. The summed E-state index contributed by atoms with van der Waals surface area (Å²) in [5.74, 6) is -0.285. The first-order chi connectivity index (χ1) is 11.8. The summed E-state index contributed by atoms with van der Waals surface area (Å²) in [6.07, 6.45) is 0.0740. The molecule has 1 aromatic rings. The highest BCUT2D eigenvalue weighted by atomic mass is 32.2. The van der Waals surface area contributed by atoms with Gasteiger partial charge in [0, 0.05) is 25.8 Å². The fourth-order valence-electron chi connectivity index (χ4n) is 2.65. The molecule has 0 spiro atoms. The van der Waals surface area contributed by atoms with Crippen molar-refractivity contribution in [3.8, 4) is 0 Å². The molecule has 25 heavy (non-hydrogen) atoms. The summed E-state index contributed by atoms with van der Waals surface area (Å²) in [6.45, 7) is 4.22. The predicted octanol–water partition coefficient (Wildman–Crippen LogP) is 0.962. The smallest absolute Gasteiger partial charge is 0.409 e. The molecule has 8 nitrogen and oxygen atoms in total. The van der Waals surface area contributed by atoms with Crippen LogP contribution in [0.25, 0.3) is 0 Å². The van der Waals surface area contributed by atoms with Crippen molar-refractivity contribution in [3.05, 3.63) is 23.8 Å². The molecule has 0 saturated carbocycles. The highest BCUT2D eigenvalue weighted by molar-refractivity contribution is 7.89. The number of amides is 2. The van der Waals surface area contributed by atoms with Gasteiger partial charge in [-0.2, -0.15) is 0 Å². The second kappa shape index (κ2) is 7.83. The highest BCUT2D eigenvalue weighted by Crippen LogP contribution is 2.30. The summed E-state index contributed by atoms with van der Waals surface area (Å²) >= 11 is 0. The van der Waals surface area contributed by atoms with Crippen molar-refractivity contribution in [2.45, 2.75) is 25.2 Å². The molecule has 0 unspecified atom stereocenters. The second-order valence-electron chi connectivity index (χ2n) is 5.64. The number of fused-ring (bicyclic) bond motifs is 1. The molecule has 0 aromatic heterocycles. The lowest BCUT2D eigenvalue weighted by atomic mass is 10.2. The van der Waals surface area contributed by atoms with Gasteiger partial charge in [0.1, 0.15) is 6.54 Å². The van der Waals surface area contributed by atoms with Crippen LogP contribution in [0.3, 0.4) is 0 Å². The molecule has 2 rings (SSSR count). The van der Waals surface area contributed by atoms with Gasteiger partial charge in [-0.3, -0.25) is 4.79 Å². The van der Waals surface area contributed by atoms with Crippen LogP contribution in [0.5, 0.6) is 0 Å². The zero-order chi connectivity index (χ0) is 18.6. The van der Waals surface area contributed by atoms with Crippen molar-refractivity contribution in [3.63, 3.8) is 0 Å². The van der Waals surface area contributed by atoms with Crippen LogP contribution in [0, 0.1) is 0 Å². The number of ether oxygens (including phenoxy) is 1. The van der Waals surface area contributed by atoms with Crippen LogP contribution in [-0.2, 0) is 26.0 Å². The summed E-state index contributed by atoms with van der Waals surface area (Å²) in [5.41, 5.74) is 1.48. The molecule has 1 aliphatic heterocycles. The number of nitrogens with one attached hydrogen (secondary N) is 1. The quantitative estimate of drug-likeness (QED) is 0.806. The number of carbonyl (C=O) groups excluding carboxylic acids is 2. The molecular formula is C16H23N3O5S. The Hall–Kier alpha value is -2.13. The average molecular weight is 369 g/mol. The van der Waals surface area contributed by atoms with E-state index in [0.29, 0.717) is 18.7 Å². The van der Waals surface area contributed by atoms with E-state index in [2.05, 4.69) is 4.72 Å². The van der Waals surface area contributed by atoms with Gasteiger partial charge < -0.3 is 14.5 Å². The van der Waals surface area contributed by atoms with E-state index < -0.39 is 16.1 Å². The number of carbonyl (C=O) groups is 2. The minimum Gasteiger partial charge on any atom is -0.450 e. The lowest BCUT2D eigenvalue weighted by Gasteiger charge is -2.22. The van der Waals surface area contributed by atoms with E-state index in [1.165, 1.54) is 29.0 Å². The van der Waals surface area contributed by atoms with E-state index in [9.17, 15) is 18.0 Å². The Morgan fingerprint density at radius 2 is 2.04 bits per heavy atom. The van der Waals surface area contributed by atoms with Crippen molar-refractivity contribution in [2.24, 2.45) is 0 Å². The number of sulfonamides is 1. The molecular weight excluding hydrogens is 346 g/mol. The topological polar surface area (TPSA) is 96.0 Å². The SMILES string of the molecule is CCNS(=O)(=O)c1ccc2c(c1)N(C(=O)CN(C)C(=O)OCC)CC2. The fourth-order valence-corrected chi connectivity index (χ4v) is 3.71. The minimum atomic E-state index is -3.60. The molecule has 0 atom stereocenters. The Bertz CT molecular complexity index is 763. The molecule has 1 aromatic carbocycles. The van der Waals surface area contributed by atoms with Gasteiger partial charge in [-0.15, -0.1) is 0 Å². The summed E-state index contributed by atoms with van der Waals surface area (Å²) < 4.78 is 31.6. The van der Waals surface area contributed by atoms with Crippen LogP contribution in [0.15, 0.2) is 23.1 Å². The molecule has 0 saturated heterocycles. The van der Waals surface area contributed by atoms with Gasteiger partial charge in [-0.25, -0.2) is 17.9 Å². The van der Waals surface area contributed by atoms with Crippen molar-refractivity contribution in [2.75, 3.05) is 38.2 Å². The van der Waals surface area contributed by atoms with E-state index in [-0.39, 0.29) is 30.5 Å². The van der Waals surface area contributed by atoms with Crippen LogP contribution in [0.2, 0.25) is 0 Å². The van der Waals surface area contributed by atoms with Gasteiger partial charge in [-0.05, 0) is 31.0 Å². The summed E-state index contributed by atoms with van der Waals surface area (Å²) in [4.78, 5) is 27.0. The molecule has 0 bridgehead atoms. The number of hydrogen-bond acceptors (Lipinski definition) is 5. The predicted molar refractivity (Wildman–Crippen MR) is 93.0 cm³/mol. The Kier molecular flexibility index (Phi) is 6.02. The molecule has 138 valence electrons. The normalized spacial score (nSPS) is 13.5. The first kappa shape index (κ1) is 19.2. The first-order valence-electron chi connectivity index (χ1n) is 8.11. The zero-order valence-electron chi connectivity index (χ0n) is 14.6. The van der Waals surface area contributed by atoms with Crippen LogP contribution in [-0.4, -0.2) is 58.6 Å². The number of nitrogens with zero attached hydrogens (tertiary/aromatic N) is 2. The van der Waals surface area contributed by atoms with Crippen LogP contribution in [0.4, 0.5) is 10.5 Å². The first-order valence-corrected chi connectivity index (χ1v) is 9.59. The molecule has 0 aliphatic carbocycles. The third-order valence-electron chi connectivity index (χ3n) is 3.85. The van der Waals surface area contributed by atoms with Gasteiger partial charge in [0.05, 0.1) is 11.5 Å². The fraction of sp³-hybridized carbons (Fsp3) is 0.500. The van der Waals surface area contributed by atoms with Crippen molar-refractivity contribution in [1.82, 2.24) is 9.62 Å². The van der Waals surface area contributed by atoms with E-state index in [4.69, 9.17) is 4.74 Å². The number of likely N-dealkylation sites (N-methyl/N-ethyl adjacent to an activating group) is 1. The van der Waals surface area contributed by atoms with Gasteiger partial charge in [0.2, 0.25) is 15.9 Å². The largest absolute Gasteiger partial charge is 0.450 e. The Labute approximate surface area is 147 Å². The van der Waals surface area contributed by atoms with Gasteiger partial charge in [0.15, 0.2) is 0 Å². The third-order valence-corrected chi connectivity index (χ3v) is 5.39.